The van der Waals surface area contributed by atoms with E-state index in [9.17, 15) is 4.79 Å². The maximum Gasteiger partial charge on any atom is 0.238 e. The maximum absolute atomic E-state index is 12.2. The molecule has 0 unspecified atom stereocenters. The standard InChI is InChI=1S/C27H29N9O/c1-35(2)16-25(37)31-18-10-17(13-28-14-18)22-11-19-24(15-30-22)33-34-26(19)23-12-20-21(32-23)6-7-29-27(20)36-8-4-3-5-9-36/h6-7,10-15,32H,3-5,8-9,16H2,1-2H3,(H,31,37)(H,33,34). The van der Waals surface area contributed by atoms with Gasteiger partial charge in [0.05, 0.1) is 47.0 Å². The predicted octanol–water partition coefficient (Wildman–Crippen LogP) is 4.05. The average Bonchev–Trinajstić information content (AvgIpc) is 3.52. The number of H-pyrrole nitrogens is 2. The van der Waals surface area contributed by atoms with Gasteiger partial charge >= 0.3 is 0 Å². The predicted molar refractivity (Wildman–Crippen MR) is 145 cm³/mol. The molecule has 6 rings (SSSR count). The number of aromatic nitrogens is 6. The lowest BCUT2D eigenvalue weighted by Crippen LogP contribution is -2.30. The maximum atomic E-state index is 12.2. The van der Waals surface area contributed by atoms with Crippen LogP contribution >= 0.6 is 0 Å². The van der Waals surface area contributed by atoms with Crippen LogP contribution < -0.4 is 10.2 Å². The molecule has 1 saturated heterocycles. The van der Waals surface area contributed by atoms with E-state index in [2.05, 4.69) is 41.4 Å². The largest absolute Gasteiger partial charge is 0.356 e. The summed E-state index contributed by atoms with van der Waals surface area (Å²) >= 11 is 0. The van der Waals surface area contributed by atoms with Gasteiger partial charge < -0.3 is 20.1 Å². The molecule has 5 aromatic rings. The first-order valence-electron chi connectivity index (χ1n) is 12.5. The van der Waals surface area contributed by atoms with Crippen LogP contribution in [0.2, 0.25) is 0 Å². The molecule has 1 amide bonds. The number of nitrogens with zero attached hydrogens (tertiary/aromatic N) is 6. The molecule has 188 valence electrons. The van der Waals surface area contributed by atoms with Crippen LogP contribution in [0.25, 0.3) is 44.5 Å². The van der Waals surface area contributed by atoms with E-state index in [-0.39, 0.29) is 5.91 Å². The molecule has 0 radical (unpaired) electrons. The number of carbonyl (C=O) groups excluding carboxylic acids is 1. The minimum Gasteiger partial charge on any atom is -0.356 e. The van der Waals surface area contributed by atoms with E-state index in [4.69, 9.17) is 4.98 Å². The fourth-order valence-corrected chi connectivity index (χ4v) is 4.94. The molecule has 6 heterocycles. The van der Waals surface area contributed by atoms with E-state index in [1.807, 2.05) is 43.4 Å². The van der Waals surface area contributed by atoms with Crippen molar-refractivity contribution < 1.29 is 4.79 Å². The SMILES string of the molecule is CN(C)CC(=O)Nc1cncc(-c2cc3c(-c4cc5c(N6CCCCC6)nccc5[nH]4)n[nH]c3cn2)c1. The first-order chi connectivity index (χ1) is 18.0. The van der Waals surface area contributed by atoms with Gasteiger partial charge in [0.15, 0.2) is 0 Å². The molecular weight excluding hydrogens is 466 g/mol. The van der Waals surface area contributed by atoms with Gasteiger partial charge in [0, 0.05) is 41.8 Å². The fraction of sp³-hybridized carbons (Fsp3) is 0.296. The zero-order chi connectivity index (χ0) is 25.4. The second-order valence-corrected chi connectivity index (χ2v) is 9.76. The molecule has 5 aromatic heterocycles. The number of likely N-dealkylation sites (N-methyl/N-ethyl adjacent to an activating group) is 1. The van der Waals surface area contributed by atoms with Crippen LogP contribution in [0.4, 0.5) is 11.5 Å². The third-order valence-electron chi connectivity index (χ3n) is 6.66. The van der Waals surface area contributed by atoms with Gasteiger partial charge in [-0.15, -0.1) is 0 Å². The number of piperidine rings is 1. The van der Waals surface area contributed by atoms with Crippen LogP contribution in [0.1, 0.15) is 19.3 Å². The van der Waals surface area contributed by atoms with E-state index in [1.165, 1.54) is 19.3 Å². The van der Waals surface area contributed by atoms with E-state index in [0.717, 1.165) is 63.4 Å². The van der Waals surface area contributed by atoms with Crippen molar-refractivity contribution in [2.75, 3.05) is 43.9 Å². The molecule has 1 aliphatic heterocycles. The Bertz CT molecular complexity index is 1580. The van der Waals surface area contributed by atoms with Crippen molar-refractivity contribution >= 4 is 39.2 Å². The average molecular weight is 496 g/mol. The highest BCUT2D eigenvalue weighted by Gasteiger charge is 2.19. The number of amides is 1. The number of pyridine rings is 3. The molecule has 0 atom stereocenters. The van der Waals surface area contributed by atoms with E-state index < -0.39 is 0 Å². The highest BCUT2D eigenvalue weighted by Crippen LogP contribution is 2.34. The van der Waals surface area contributed by atoms with Gasteiger partial charge in [-0.25, -0.2) is 4.98 Å². The summed E-state index contributed by atoms with van der Waals surface area (Å²) in [7, 11) is 3.71. The van der Waals surface area contributed by atoms with E-state index in [1.54, 1.807) is 18.6 Å². The summed E-state index contributed by atoms with van der Waals surface area (Å²) in [6.07, 6.45) is 10.7. The minimum atomic E-state index is -0.0956. The monoisotopic (exact) mass is 495 g/mol. The lowest BCUT2D eigenvalue weighted by molar-refractivity contribution is -0.116. The van der Waals surface area contributed by atoms with Crippen molar-refractivity contribution in [2.24, 2.45) is 0 Å². The van der Waals surface area contributed by atoms with Gasteiger partial charge in [-0.2, -0.15) is 5.10 Å². The van der Waals surface area contributed by atoms with Crippen LogP contribution in [0.15, 0.2) is 49.1 Å². The zero-order valence-corrected chi connectivity index (χ0v) is 21.0. The Hall–Kier alpha value is -4.31. The Labute approximate surface area is 214 Å². The zero-order valence-electron chi connectivity index (χ0n) is 21.0. The molecule has 10 nitrogen and oxygen atoms in total. The summed E-state index contributed by atoms with van der Waals surface area (Å²) in [5.74, 6) is 0.933. The summed E-state index contributed by atoms with van der Waals surface area (Å²) in [6.45, 7) is 2.37. The highest BCUT2D eigenvalue weighted by molar-refractivity contribution is 5.99. The quantitative estimate of drug-likeness (QED) is 0.325. The molecule has 0 aromatic carbocycles. The van der Waals surface area contributed by atoms with E-state index in [0.29, 0.717) is 12.2 Å². The Morgan fingerprint density at radius 1 is 1.03 bits per heavy atom. The summed E-state index contributed by atoms with van der Waals surface area (Å²) in [4.78, 5) is 33.6. The minimum absolute atomic E-state index is 0.0956. The Morgan fingerprint density at radius 2 is 1.89 bits per heavy atom. The van der Waals surface area contributed by atoms with Gasteiger partial charge in [0.25, 0.3) is 0 Å². The third-order valence-corrected chi connectivity index (χ3v) is 6.66. The summed E-state index contributed by atoms with van der Waals surface area (Å²) in [5.41, 5.74) is 5.82. The molecule has 3 N–H and O–H groups in total. The van der Waals surface area contributed by atoms with Crippen molar-refractivity contribution in [3.63, 3.8) is 0 Å². The number of rotatable bonds is 6. The topological polar surface area (TPSA) is 119 Å². The molecule has 1 fully saturated rings. The number of fused-ring (bicyclic) bond motifs is 2. The van der Waals surface area contributed by atoms with Crippen molar-refractivity contribution in [3.8, 4) is 22.6 Å². The molecule has 0 saturated carbocycles. The molecule has 0 bridgehead atoms. The van der Waals surface area contributed by atoms with Crippen LogP contribution in [-0.4, -0.2) is 74.7 Å². The van der Waals surface area contributed by atoms with Crippen molar-refractivity contribution in [1.29, 1.82) is 0 Å². The number of aromatic amines is 2. The van der Waals surface area contributed by atoms with Crippen molar-refractivity contribution in [2.45, 2.75) is 19.3 Å². The number of anilines is 2. The van der Waals surface area contributed by atoms with Crippen LogP contribution in [0.5, 0.6) is 0 Å². The Kier molecular flexibility index (Phi) is 6.01. The molecular formula is C27H29N9O. The fourth-order valence-electron chi connectivity index (χ4n) is 4.94. The van der Waals surface area contributed by atoms with Gasteiger partial charge in [0.2, 0.25) is 5.91 Å². The molecule has 1 aliphatic rings. The lowest BCUT2D eigenvalue weighted by atomic mass is 10.1. The van der Waals surface area contributed by atoms with Gasteiger partial charge in [-0.1, -0.05) is 0 Å². The smallest absolute Gasteiger partial charge is 0.238 e. The highest BCUT2D eigenvalue weighted by atomic mass is 16.2. The van der Waals surface area contributed by atoms with Crippen molar-refractivity contribution in [3.05, 3.63) is 49.1 Å². The van der Waals surface area contributed by atoms with Gasteiger partial charge in [-0.05, 0) is 57.6 Å². The Balaban J connectivity index is 1.35. The number of hydrogen-bond donors (Lipinski definition) is 3. The number of nitrogens with one attached hydrogen (secondary N) is 3. The van der Waals surface area contributed by atoms with Gasteiger partial charge in [0.1, 0.15) is 11.5 Å². The lowest BCUT2D eigenvalue weighted by Gasteiger charge is -2.28. The third kappa shape index (κ3) is 4.63. The number of carbonyl (C=O) groups is 1. The van der Waals surface area contributed by atoms with Crippen molar-refractivity contribution in [1.82, 2.24) is 35.0 Å². The second kappa shape index (κ2) is 9.62. The van der Waals surface area contributed by atoms with Crippen LogP contribution in [0.3, 0.4) is 0 Å². The molecule has 0 spiro atoms. The molecule has 0 aliphatic carbocycles. The molecule has 10 heteroatoms. The normalized spacial score (nSPS) is 14.1. The van der Waals surface area contributed by atoms with E-state index >= 15 is 0 Å². The summed E-state index contributed by atoms with van der Waals surface area (Å²) in [5, 5.41) is 12.7. The second-order valence-electron chi connectivity index (χ2n) is 9.76. The van der Waals surface area contributed by atoms with Crippen LogP contribution in [-0.2, 0) is 4.79 Å². The summed E-state index contributed by atoms with van der Waals surface area (Å²) in [6, 6.07) is 8.04. The first-order valence-corrected chi connectivity index (χ1v) is 12.5. The number of hydrogen-bond acceptors (Lipinski definition) is 7. The molecule has 37 heavy (non-hydrogen) atoms. The summed E-state index contributed by atoms with van der Waals surface area (Å²) < 4.78 is 0. The van der Waals surface area contributed by atoms with Gasteiger partial charge in [-0.3, -0.25) is 19.9 Å². The Morgan fingerprint density at radius 3 is 2.73 bits per heavy atom. The first kappa shape index (κ1) is 23.1. The van der Waals surface area contributed by atoms with Crippen LogP contribution in [0, 0.1) is 0 Å².